The normalized spacial score (nSPS) is 23.4. The van der Waals surface area contributed by atoms with Gasteiger partial charge in [0.05, 0.1) is 23.0 Å². The minimum Gasteiger partial charge on any atom is -0.453 e. The van der Waals surface area contributed by atoms with Gasteiger partial charge in [-0.15, -0.1) is 0 Å². The highest BCUT2D eigenvalue weighted by atomic mass is 35.5. The molecule has 7 heteroatoms. The van der Waals surface area contributed by atoms with Gasteiger partial charge in [-0.2, -0.15) is 5.10 Å². The van der Waals surface area contributed by atoms with Gasteiger partial charge in [0.25, 0.3) is 5.91 Å². The topological polar surface area (TPSA) is 53.9 Å². The fraction of sp³-hybridized carbons (Fsp3) is 0.130. The largest absolute Gasteiger partial charge is 0.453 e. The van der Waals surface area contributed by atoms with Crippen molar-refractivity contribution in [2.24, 2.45) is 5.10 Å². The van der Waals surface area contributed by atoms with Gasteiger partial charge in [0.1, 0.15) is 11.6 Å². The zero-order valence-corrected chi connectivity index (χ0v) is 16.4. The number of amides is 1. The molecular weight excluding hydrogens is 405 g/mol. The Bertz CT molecular complexity index is 1240. The van der Waals surface area contributed by atoms with Crippen LogP contribution < -0.4 is 10.1 Å². The Morgan fingerprint density at radius 1 is 1.13 bits per heavy atom. The number of fused-ring (bicyclic) bond motifs is 6. The molecule has 1 N–H and O–H groups in total. The van der Waals surface area contributed by atoms with E-state index in [1.807, 2.05) is 24.3 Å². The summed E-state index contributed by atoms with van der Waals surface area (Å²) in [4.78, 5) is 13.3. The van der Waals surface area contributed by atoms with Gasteiger partial charge in [0.2, 0.25) is 0 Å². The average molecular weight is 420 g/mol. The highest BCUT2D eigenvalue weighted by Crippen LogP contribution is 2.54. The molecule has 0 saturated carbocycles. The maximum absolute atomic E-state index is 13.4. The van der Waals surface area contributed by atoms with E-state index in [1.54, 1.807) is 35.3 Å². The van der Waals surface area contributed by atoms with E-state index in [0.29, 0.717) is 28.4 Å². The molecule has 0 radical (unpaired) electrons. The molecule has 30 heavy (non-hydrogen) atoms. The van der Waals surface area contributed by atoms with Crippen LogP contribution in [0.15, 0.2) is 71.8 Å². The van der Waals surface area contributed by atoms with Crippen molar-refractivity contribution in [2.75, 3.05) is 5.32 Å². The Labute approximate surface area is 176 Å². The average Bonchev–Trinajstić information content (AvgIpc) is 3.30. The zero-order chi connectivity index (χ0) is 20.5. The van der Waals surface area contributed by atoms with Crippen LogP contribution in [0.25, 0.3) is 0 Å². The molecule has 3 heterocycles. The standard InChI is InChI=1S/C23H15ClFN3O2/c24-14-7-10-18-17(11-14)23(22(29)26-18)28-20(16-3-1-2-4-21(16)30-23)12-19(27-28)13-5-8-15(25)9-6-13/h1-11,20H,12H2,(H,26,29)/t20-,23-/m0/s1. The highest BCUT2D eigenvalue weighted by molar-refractivity contribution is 6.31. The van der Waals surface area contributed by atoms with Gasteiger partial charge in [-0.05, 0) is 42.0 Å². The summed E-state index contributed by atoms with van der Waals surface area (Å²) in [7, 11) is 0. The number of hydrazone groups is 1. The number of hydrogen-bond acceptors (Lipinski definition) is 4. The van der Waals surface area contributed by atoms with Crippen LogP contribution >= 0.6 is 11.6 Å². The quantitative estimate of drug-likeness (QED) is 0.614. The number of hydrogen-bond donors (Lipinski definition) is 1. The lowest BCUT2D eigenvalue weighted by Crippen LogP contribution is -2.55. The first kappa shape index (κ1) is 17.5. The van der Waals surface area contributed by atoms with Crippen molar-refractivity contribution < 1.29 is 13.9 Å². The molecule has 1 spiro atoms. The molecule has 0 aliphatic carbocycles. The van der Waals surface area contributed by atoms with Crippen LogP contribution in [-0.4, -0.2) is 16.6 Å². The summed E-state index contributed by atoms with van der Waals surface area (Å²) in [5.41, 5.74) is 2.34. The number of nitrogens with zero attached hydrogens (tertiary/aromatic N) is 2. The van der Waals surface area contributed by atoms with Crippen molar-refractivity contribution in [1.29, 1.82) is 0 Å². The second-order valence-corrected chi connectivity index (χ2v) is 7.98. The Morgan fingerprint density at radius 3 is 2.77 bits per heavy atom. The van der Waals surface area contributed by atoms with Crippen molar-refractivity contribution in [1.82, 2.24) is 5.01 Å². The van der Waals surface area contributed by atoms with Crippen molar-refractivity contribution in [3.8, 4) is 5.75 Å². The first-order valence-corrected chi connectivity index (χ1v) is 9.96. The van der Waals surface area contributed by atoms with Crippen LogP contribution in [0, 0.1) is 5.82 Å². The minimum atomic E-state index is -1.46. The number of carbonyl (C=O) groups excluding carboxylic acids is 1. The van der Waals surface area contributed by atoms with Gasteiger partial charge >= 0.3 is 5.72 Å². The van der Waals surface area contributed by atoms with E-state index in [1.165, 1.54) is 12.1 Å². The fourth-order valence-electron chi connectivity index (χ4n) is 4.48. The van der Waals surface area contributed by atoms with Gasteiger partial charge < -0.3 is 10.1 Å². The smallest absolute Gasteiger partial charge is 0.306 e. The summed E-state index contributed by atoms with van der Waals surface area (Å²) < 4.78 is 19.8. The van der Waals surface area contributed by atoms with Gasteiger partial charge in [-0.25, -0.2) is 9.40 Å². The van der Waals surface area contributed by atoms with E-state index < -0.39 is 5.72 Å². The Morgan fingerprint density at radius 2 is 1.93 bits per heavy atom. The lowest BCUT2D eigenvalue weighted by Gasteiger charge is -2.44. The maximum atomic E-state index is 13.4. The maximum Gasteiger partial charge on any atom is 0.306 e. The first-order valence-electron chi connectivity index (χ1n) is 9.58. The van der Waals surface area contributed by atoms with Gasteiger partial charge in [-0.3, -0.25) is 4.79 Å². The number of halogens is 2. The molecule has 0 saturated heterocycles. The van der Waals surface area contributed by atoms with Crippen LogP contribution in [0.4, 0.5) is 10.1 Å². The summed E-state index contributed by atoms with van der Waals surface area (Å²) in [5.74, 6) is 0.0135. The summed E-state index contributed by atoms with van der Waals surface area (Å²) >= 11 is 6.27. The van der Waals surface area contributed by atoms with E-state index in [9.17, 15) is 9.18 Å². The van der Waals surface area contributed by atoms with E-state index in [4.69, 9.17) is 21.4 Å². The Kier molecular flexibility index (Phi) is 3.53. The third kappa shape index (κ3) is 2.28. The zero-order valence-electron chi connectivity index (χ0n) is 15.6. The summed E-state index contributed by atoms with van der Waals surface area (Å²) in [6.45, 7) is 0. The second kappa shape index (κ2) is 6.06. The molecule has 5 nitrogen and oxygen atoms in total. The molecule has 0 aromatic heterocycles. The lowest BCUT2D eigenvalue weighted by molar-refractivity contribution is -0.161. The molecular formula is C23H15ClFN3O2. The number of ether oxygens (including phenoxy) is 1. The predicted octanol–water partition coefficient (Wildman–Crippen LogP) is 4.83. The predicted molar refractivity (Wildman–Crippen MR) is 111 cm³/mol. The third-order valence-electron chi connectivity index (χ3n) is 5.85. The lowest BCUT2D eigenvalue weighted by atomic mass is 9.92. The molecule has 1 amide bonds. The number of nitrogens with one attached hydrogen (secondary N) is 1. The van der Waals surface area contributed by atoms with Crippen LogP contribution in [0.5, 0.6) is 5.75 Å². The molecule has 3 aliphatic rings. The van der Waals surface area contributed by atoms with Crippen molar-refractivity contribution in [2.45, 2.75) is 18.2 Å². The molecule has 3 aromatic carbocycles. The van der Waals surface area contributed by atoms with Crippen molar-refractivity contribution in [3.63, 3.8) is 0 Å². The van der Waals surface area contributed by atoms with Gasteiger partial charge in [0.15, 0.2) is 0 Å². The molecule has 3 aliphatic heterocycles. The summed E-state index contributed by atoms with van der Waals surface area (Å²) in [6.07, 6.45) is 0.566. The summed E-state index contributed by atoms with van der Waals surface area (Å²) in [6, 6.07) is 18.9. The van der Waals surface area contributed by atoms with Crippen molar-refractivity contribution >= 4 is 28.9 Å². The fourth-order valence-corrected chi connectivity index (χ4v) is 4.65. The van der Waals surface area contributed by atoms with Crippen molar-refractivity contribution in [3.05, 3.63) is 94.3 Å². The highest BCUT2D eigenvalue weighted by Gasteiger charge is 2.60. The molecule has 6 rings (SSSR count). The third-order valence-corrected chi connectivity index (χ3v) is 6.08. The van der Waals surface area contributed by atoms with Crippen LogP contribution in [0.1, 0.15) is 29.2 Å². The van der Waals surface area contributed by atoms with Crippen LogP contribution in [0.2, 0.25) is 5.02 Å². The monoisotopic (exact) mass is 419 g/mol. The number of anilines is 1. The van der Waals surface area contributed by atoms with E-state index in [-0.39, 0.29) is 17.8 Å². The first-order chi connectivity index (χ1) is 14.6. The Hall–Kier alpha value is -3.38. The molecule has 0 bridgehead atoms. The summed E-state index contributed by atoms with van der Waals surface area (Å²) in [5, 5.41) is 9.96. The number of carbonyl (C=O) groups is 1. The molecule has 3 aromatic rings. The Balaban J connectivity index is 1.57. The van der Waals surface area contributed by atoms with Crippen LogP contribution in [0.3, 0.4) is 0 Å². The minimum absolute atomic E-state index is 0.203. The van der Waals surface area contributed by atoms with Gasteiger partial charge in [0, 0.05) is 17.0 Å². The van der Waals surface area contributed by atoms with E-state index in [0.717, 1.165) is 16.8 Å². The molecule has 0 unspecified atom stereocenters. The second-order valence-electron chi connectivity index (χ2n) is 7.55. The number of rotatable bonds is 1. The van der Waals surface area contributed by atoms with E-state index >= 15 is 0 Å². The number of para-hydroxylation sites is 1. The number of benzene rings is 3. The molecule has 148 valence electrons. The molecule has 0 fully saturated rings. The van der Waals surface area contributed by atoms with Crippen LogP contribution in [-0.2, 0) is 10.5 Å². The SMILES string of the molecule is O=C1Nc2ccc(Cl)cc2[C@]12Oc1ccccc1[C@@H]1CC(c3ccc(F)cc3)=NN12. The molecule has 2 atom stereocenters. The van der Waals surface area contributed by atoms with Gasteiger partial charge in [-0.1, -0.05) is 41.9 Å². The van der Waals surface area contributed by atoms with E-state index in [2.05, 4.69) is 5.32 Å².